The van der Waals surface area contributed by atoms with Crippen LogP contribution in [0.4, 0.5) is 10.5 Å². The second-order valence-electron chi connectivity index (χ2n) is 5.49. The Labute approximate surface area is 135 Å². The standard InChI is InChI=1S/C17H21N3O3/c1-12-15-5-4-8-19(15)9-10-20(12)17(21)18-14-11-13(22-2)6-7-16(14)23-3/h4-8,11-12H,9-10H2,1-3H3,(H,18,21)/t12-/m1/s1. The van der Waals surface area contributed by atoms with E-state index in [1.807, 2.05) is 24.1 Å². The number of aromatic nitrogens is 1. The van der Waals surface area contributed by atoms with Gasteiger partial charge in [-0.3, -0.25) is 0 Å². The number of benzene rings is 1. The van der Waals surface area contributed by atoms with Crippen LogP contribution >= 0.6 is 0 Å². The highest BCUT2D eigenvalue weighted by Gasteiger charge is 2.27. The van der Waals surface area contributed by atoms with Gasteiger partial charge >= 0.3 is 6.03 Å². The number of hydrogen-bond donors (Lipinski definition) is 1. The van der Waals surface area contributed by atoms with Gasteiger partial charge in [0.15, 0.2) is 0 Å². The zero-order valence-corrected chi connectivity index (χ0v) is 13.6. The first-order valence-corrected chi connectivity index (χ1v) is 7.58. The summed E-state index contributed by atoms with van der Waals surface area (Å²) in [4.78, 5) is 14.5. The number of nitrogens with zero attached hydrogens (tertiary/aromatic N) is 2. The lowest BCUT2D eigenvalue weighted by atomic mass is 10.1. The van der Waals surface area contributed by atoms with Crippen LogP contribution < -0.4 is 14.8 Å². The first-order chi connectivity index (χ1) is 11.1. The number of methoxy groups -OCH3 is 2. The summed E-state index contributed by atoms with van der Waals surface area (Å²) >= 11 is 0. The molecule has 6 nitrogen and oxygen atoms in total. The third-order valence-corrected chi connectivity index (χ3v) is 4.25. The van der Waals surface area contributed by atoms with Crippen LogP contribution in [0.3, 0.4) is 0 Å². The normalized spacial score (nSPS) is 16.7. The molecule has 1 N–H and O–H groups in total. The monoisotopic (exact) mass is 315 g/mol. The van der Waals surface area contributed by atoms with Gasteiger partial charge in [-0.05, 0) is 31.2 Å². The van der Waals surface area contributed by atoms with Crippen LogP contribution in [0.2, 0.25) is 0 Å². The number of nitrogens with one attached hydrogen (secondary N) is 1. The topological polar surface area (TPSA) is 55.7 Å². The number of ether oxygens (including phenoxy) is 2. The summed E-state index contributed by atoms with van der Waals surface area (Å²) in [6.45, 7) is 3.50. The van der Waals surface area contributed by atoms with Crippen LogP contribution in [0, 0.1) is 0 Å². The second kappa shape index (κ2) is 6.24. The summed E-state index contributed by atoms with van der Waals surface area (Å²) in [5.74, 6) is 1.27. The molecule has 122 valence electrons. The number of amides is 2. The molecule has 0 fully saturated rings. The van der Waals surface area contributed by atoms with Crippen LogP contribution in [0.1, 0.15) is 18.7 Å². The van der Waals surface area contributed by atoms with Gasteiger partial charge in [0.2, 0.25) is 0 Å². The van der Waals surface area contributed by atoms with Crippen LogP contribution in [0.25, 0.3) is 0 Å². The molecule has 0 unspecified atom stereocenters. The number of anilines is 1. The van der Waals surface area contributed by atoms with Crippen molar-refractivity contribution in [1.29, 1.82) is 0 Å². The van der Waals surface area contributed by atoms with Gasteiger partial charge in [0.1, 0.15) is 11.5 Å². The van der Waals surface area contributed by atoms with Crippen molar-refractivity contribution in [3.8, 4) is 11.5 Å². The summed E-state index contributed by atoms with van der Waals surface area (Å²) < 4.78 is 12.7. The molecular formula is C17H21N3O3. The highest BCUT2D eigenvalue weighted by molar-refractivity contribution is 5.91. The Morgan fingerprint density at radius 3 is 2.78 bits per heavy atom. The molecular weight excluding hydrogens is 294 g/mol. The van der Waals surface area contributed by atoms with Crippen LogP contribution in [-0.2, 0) is 6.54 Å². The molecule has 1 aliphatic heterocycles. The molecule has 0 bridgehead atoms. The molecule has 0 saturated heterocycles. The molecule has 2 amide bonds. The second-order valence-corrected chi connectivity index (χ2v) is 5.49. The summed E-state index contributed by atoms with van der Waals surface area (Å²) in [6, 6.07) is 9.28. The van der Waals surface area contributed by atoms with Gasteiger partial charge in [0.25, 0.3) is 0 Å². The van der Waals surface area contributed by atoms with E-state index in [9.17, 15) is 4.79 Å². The van der Waals surface area contributed by atoms with Crippen LogP contribution in [0.5, 0.6) is 11.5 Å². The predicted octanol–water partition coefficient (Wildman–Crippen LogP) is 3.11. The number of hydrogen-bond acceptors (Lipinski definition) is 3. The lowest BCUT2D eigenvalue weighted by Crippen LogP contribution is -2.43. The highest BCUT2D eigenvalue weighted by Crippen LogP contribution is 2.31. The number of carbonyl (C=O) groups excluding carboxylic acids is 1. The molecule has 0 radical (unpaired) electrons. The van der Waals surface area contributed by atoms with E-state index >= 15 is 0 Å². The van der Waals surface area contributed by atoms with E-state index < -0.39 is 0 Å². The molecule has 1 aliphatic rings. The van der Waals surface area contributed by atoms with E-state index in [1.54, 1.807) is 32.4 Å². The maximum atomic E-state index is 12.7. The molecule has 6 heteroatoms. The van der Waals surface area contributed by atoms with Gasteiger partial charge in [-0.2, -0.15) is 0 Å². The lowest BCUT2D eigenvalue weighted by molar-refractivity contribution is 0.175. The fourth-order valence-electron chi connectivity index (χ4n) is 2.96. The van der Waals surface area contributed by atoms with E-state index in [-0.39, 0.29) is 12.1 Å². The Morgan fingerprint density at radius 2 is 2.04 bits per heavy atom. The Hall–Kier alpha value is -2.63. The third-order valence-electron chi connectivity index (χ3n) is 4.25. The van der Waals surface area contributed by atoms with E-state index in [4.69, 9.17) is 9.47 Å². The summed E-state index contributed by atoms with van der Waals surface area (Å²) in [7, 11) is 3.17. The Bertz CT molecular complexity index is 711. The Kier molecular flexibility index (Phi) is 4.14. The fourth-order valence-corrected chi connectivity index (χ4v) is 2.96. The van der Waals surface area contributed by atoms with Gasteiger partial charge < -0.3 is 24.3 Å². The maximum Gasteiger partial charge on any atom is 0.322 e. The van der Waals surface area contributed by atoms with Crippen molar-refractivity contribution in [2.75, 3.05) is 26.1 Å². The van der Waals surface area contributed by atoms with Crippen LogP contribution in [-0.4, -0.2) is 36.3 Å². The van der Waals surface area contributed by atoms with E-state index in [0.29, 0.717) is 23.7 Å². The van der Waals surface area contributed by atoms with E-state index in [2.05, 4.69) is 16.0 Å². The largest absolute Gasteiger partial charge is 0.497 e. The van der Waals surface area contributed by atoms with Gasteiger partial charge in [-0.25, -0.2) is 4.79 Å². The molecule has 1 atom stereocenters. The van der Waals surface area contributed by atoms with E-state index in [1.165, 1.54) is 0 Å². The molecule has 0 spiro atoms. The van der Waals surface area contributed by atoms with Gasteiger partial charge in [0, 0.05) is 31.0 Å². The average Bonchev–Trinajstić information content (AvgIpc) is 3.04. The minimum atomic E-state index is -0.142. The van der Waals surface area contributed by atoms with E-state index in [0.717, 1.165) is 12.2 Å². The zero-order chi connectivity index (χ0) is 16.4. The summed E-state index contributed by atoms with van der Waals surface area (Å²) in [5, 5.41) is 2.93. The number of urea groups is 1. The average molecular weight is 315 g/mol. The molecule has 0 saturated carbocycles. The molecule has 1 aromatic heterocycles. The fraction of sp³-hybridized carbons (Fsp3) is 0.353. The van der Waals surface area contributed by atoms with Crippen molar-refractivity contribution in [1.82, 2.24) is 9.47 Å². The zero-order valence-electron chi connectivity index (χ0n) is 13.6. The van der Waals surface area contributed by atoms with Crippen molar-refractivity contribution in [3.05, 3.63) is 42.2 Å². The third kappa shape index (κ3) is 2.84. The minimum absolute atomic E-state index is 0.0235. The van der Waals surface area contributed by atoms with Gasteiger partial charge in [-0.15, -0.1) is 0 Å². The highest BCUT2D eigenvalue weighted by atomic mass is 16.5. The Balaban J connectivity index is 1.80. The molecule has 1 aromatic carbocycles. The van der Waals surface area contributed by atoms with Crippen molar-refractivity contribution in [2.45, 2.75) is 19.5 Å². The van der Waals surface area contributed by atoms with Crippen molar-refractivity contribution in [2.24, 2.45) is 0 Å². The SMILES string of the molecule is COc1ccc(OC)c(NC(=O)N2CCn3cccc3[C@H]2C)c1. The number of carbonyl (C=O) groups is 1. The minimum Gasteiger partial charge on any atom is -0.497 e. The molecule has 2 aromatic rings. The van der Waals surface area contributed by atoms with Crippen molar-refractivity contribution in [3.63, 3.8) is 0 Å². The number of fused-ring (bicyclic) bond motifs is 1. The first kappa shape index (κ1) is 15.3. The van der Waals surface area contributed by atoms with Gasteiger partial charge in [0.05, 0.1) is 25.9 Å². The van der Waals surface area contributed by atoms with Gasteiger partial charge in [-0.1, -0.05) is 0 Å². The number of rotatable bonds is 3. The first-order valence-electron chi connectivity index (χ1n) is 7.58. The smallest absolute Gasteiger partial charge is 0.322 e. The molecule has 23 heavy (non-hydrogen) atoms. The molecule has 2 heterocycles. The molecule has 3 rings (SSSR count). The maximum absolute atomic E-state index is 12.7. The quantitative estimate of drug-likeness (QED) is 0.947. The predicted molar refractivity (Wildman–Crippen MR) is 88.1 cm³/mol. The van der Waals surface area contributed by atoms with Crippen molar-refractivity contribution >= 4 is 11.7 Å². The lowest BCUT2D eigenvalue weighted by Gasteiger charge is -2.35. The summed E-state index contributed by atoms with van der Waals surface area (Å²) in [6.07, 6.45) is 2.05. The Morgan fingerprint density at radius 1 is 1.22 bits per heavy atom. The summed E-state index contributed by atoms with van der Waals surface area (Å²) in [5.41, 5.74) is 1.74. The molecule has 0 aliphatic carbocycles. The van der Waals surface area contributed by atoms with Crippen LogP contribution in [0.15, 0.2) is 36.5 Å². The van der Waals surface area contributed by atoms with Crippen molar-refractivity contribution < 1.29 is 14.3 Å².